The van der Waals surface area contributed by atoms with E-state index in [0.29, 0.717) is 24.3 Å². The molecule has 1 heterocycles. The predicted octanol–water partition coefficient (Wildman–Crippen LogP) is 2.84. The lowest BCUT2D eigenvalue weighted by atomic mass is 10.1. The molecule has 0 unspecified atom stereocenters. The fourth-order valence-electron chi connectivity index (χ4n) is 1.78. The van der Waals surface area contributed by atoms with E-state index in [-0.39, 0.29) is 12.2 Å². The molecule has 19 heavy (non-hydrogen) atoms. The summed E-state index contributed by atoms with van der Waals surface area (Å²) in [7, 11) is 0. The van der Waals surface area contributed by atoms with Crippen LogP contribution in [0.1, 0.15) is 25.0 Å². The number of aliphatic carboxylic acids is 1. The molecule has 0 aliphatic rings. The molecule has 0 amide bonds. The van der Waals surface area contributed by atoms with Gasteiger partial charge in [-0.3, -0.25) is 4.79 Å². The van der Waals surface area contributed by atoms with Crippen molar-refractivity contribution in [1.82, 2.24) is 4.98 Å². The minimum atomic E-state index is -0.782. The largest absolute Gasteiger partial charge is 0.507 e. The summed E-state index contributed by atoms with van der Waals surface area (Å²) < 4.78 is 5.32. The molecule has 2 aromatic rings. The third-order valence-corrected chi connectivity index (χ3v) is 2.76. The van der Waals surface area contributed by atoms with Gasteiger partial charge >= 0.3 is 5.97 Å². The van der Waals surface area contributed by atoms with Crippen molar-refractivity contribution < 1.29 is 19.4 Å². The van der Waals surface area contributed by atoms with E-state index < -0.39 is 5.97 Å². The number of hydrogen-bond acceptors (Lipinski definition) is 4. The first-order valence-electron chi connectivity index (χ1n) is 6.11. The van der Waals surface area contributed by atoms with E-state index in [2.05, 4.69) is 4.98 Å². The lowest BCUT2D eigenvalue weighted by molar-refractivity contribution is -0.137. The molecule has 0 fully saturated rings. The van der Waals surface area contributed by atoms with Crippen LogP contribution in [0.3, 0.4) is 0 Å². The highest BCUT2D eigenvalue weighted by Gasteiger charge is 2.10. The Morgan fingerprint density at radius 3 is 2.79 bits per heavy atom. The maximum absolute atomic E-state index is 10.4. The zero-order valence-electron chi connectivity index (χ0n) is 10.4. The van der Waals surface area contributed by atoms with E-state index in [1.165, 1.54) is 0 Å². The van der Waals surface area contributed by atoms with Gasteiger partial charge in [0.25, 0.3) is 0 Å². The van der Waals surface area contributed by atoms with Crippen LogP contribution in [-0.2, 0) is 11.2 Å². The summed E-state index contributed by atoms with van der Waals surface area (Å²) >= 11 is 0. The van der Waals surface area contributed by atoms with Crippen LogP contribution in [0.15, 0.2) is 34.9 Å². The number of hydrogen-bond donors (Lipinski definition) is 2. The van der Waals surface area contributed by atoms with Gasteiger partial charge in [0.05, 0.1) is 11.3 Å². The highest BCUT2D eigenvalue weighted by Crippen LogP contribution is 2.27. The number of benzene rings is 1. The Kier molecular flexibility index (Phi) is 4.18. The first-order chi connectivity index (χ1) is 9.16. The van der Waals surface area contributed by atoms with Crippen LogP contribution in [0.4, 0.5) is 0 Å². The molecule has 2 N–H and O–H groups in total. The van der Waals surface area contributed by atoms with Gasteiger partial charge in [0.2, 0.25) is 5.89 Å². The highest BCUT2D eigenvalue weighted by atomic mass is 16.4. The summed E-state index contributed by atoms with van der Waals surface area (Å²) in [5, 5.41) is 18.2. The van der Waals surface area contributed by atoms with E-state index in [4.69, 9.17) is 9.52 Å². The zero-order valence-corrected chi connectivity index (χ0v) is 10.4. The lowest BCUT2D eigenvalue weighted by Crippen LogP contribution is -1.95. The van der Waals surface area contributed by atoms with Crippen LogP contribution in [0.2, 0.25) is 0 Å². The molecule has 0 aliphatic carbocycles. The molecule has 0 spiro atoms. The maximum Gasteiger partial charge on any atom is 0.303 e. The highest BCUT2D eigenvalue weighted by molar-refractivity contribution is 5.66. The molecule has 0 saturated heterocycles. The molecule has 5 nitrogen and oxygen atoms in total. The van der Waals surface area contributed by atoms with Crippen molar-refractivity contribution in [2.24, 2.45) is 0 Å². The van der Waals surface area contributed by atoms with Gasteiger partial charge in [-0.05, 0) is 31.4 Å². The lowest BCUT2D eigenvalue weighted by Gasteiger charge is -1.98. The minimum Gasteiger partial charge on any atom is -0.507 e. The van der Waals surface area contributed by atoms with Crippen LogP contribution in [0, 0.1) is 0 Å². The van der Waals surface area contributed by atoms with Crippen molar-refractivity contribution in [3.63, 3.8) is 0 Å². The topological polar surface area (TPSA) is 83.6 Å². The number of carboxylic acid groups (broad SMARTS) is 1. The van der Waals surface area contributed by atoms with Gasteiger partial charge in [0.1, 0.15) is 12.0 Å². The second-order valence-corrected chi connectivity index (χ2v) is 4.26. The van der Waals surface area contributed by atoms with E-state index >= 15 is 0 Å². The molecule has 0 aliphatic heterocycles. The van der Waals surface area contributed by atoms with E-state index in [1.54, 1.807) is 30.5 Å². The van der Waals surface area contributed by atoms with E-state index in [1.807, 2.05) is 0 Å². The molecule has 1 aromatic carbocycles. The number of nitrogens with zero attached hydrogens (tertiary/aromatic N) is 1. The standard InChI is InChI=1S/C14H15NO4/c16-12-7-3-2-6-11(12)14-15-10(9-19-14)5-1-4-8-13(17)18/h2-3,6-7,9,16H,1,4-5,8H2,(H,17,18). The third-order valence-electron chi connectivity index (χ3n) is 2.76. The van der Waals surface area contributed by atoms with Gasteiger partial charge in [-0.2, -0.15) is 0 Å². The Balaban J connectivity index is 1.96. The Labute approximate surface area is 110 Å². The normalized spacial score (nSPS) is 10.5. The Bertz CT molecular complexity index is 562. The second kappa shape index (κ2) is 6.04. The van der Waals surface area contributed by atoms with Crippen molar-refractivity contribution in [1.29, 1.82) is 0 Å². The molecular weight excluding hydrogens is 246 g/mol. The van der Waals surface area contributed by atoms with Crippen molar-refractivity contribution >= 4 is 5.97 Å². The molecular formula is C14H15NO4. The van der Waals surface area contributed by atoms with E-state index in [9.17, 15) is 9.90 Å². The van der Waals surface area contributed by atoms with Crippen LogP contribution >= 0.6 is 0 Å². The van der Waals surface area contributed by atoms with E-state index in [0.717, 1.165) is 12.1 Å². The van der Waals surface area contributed by atoms with Crippen LogP contribution in [-0.4, -0.2) is 21.2 Å². The summed E-state index contributed by atoms with van der Waals surface area (Å²) in [6, 6.07) is 6.84. The number of aryl methyl sites for hydroxylation is 1. The molecule has 0 radical (unpaired) electrons. The first-order valence-corrected chi connectivity index (χ1v) is 6.11. The van der Waals surface area contributed by atoms with Crippen molar-refractivity contribution in [2.45, 2.75) is 25.7 Å². The fourth-order valence-corrected chi connectivity index (χ4v) is 1.78. The van der Waals surface area contributed by atoms with Crippen LogP contribution in [0.25, 0.3) is 11.5 Å². The van der Waals surface area contributed by atoms with Crippen molar-refractivity contribution in [3.05, 3.63) is 36.2 Å². The number of phenols is 1. The summed E-state index contributed by atoms with van der Waals surface area (Å²) in [5.74, 6) is -0.275. The monoisotopic (exact) mass is 261 g/mol. The number of aromatic nitrogens is 1. The number of carboxylic acids is 1. The van der Waals surface area contributed by atoms with Gasteiger partial charge in [-0.25, -0.2) is 4.98 Å². The molecule has 2 rings (SSSR count). The van der Waals surface area contributed by atoms with Crippen molar-refractivity contribution in [3.8, 4) is 17.2 Å². The van der Waals surface area contributed by atoms with Crippen LogP contribution in [0.5, 0.6) is 5.75 Å². The van der Waals surface area contributed by atoms with Crippen LogP contribution < -0.4 is 0 Å². The van der Waals surface area contributed by atoms with Crippen molar-refractivity contribution in [2.75, 3.05) is 0 Å². The summed E-state index contributed by atoms with van der Waals surface area (Å²) in [4.78, 5) is 14.7. The Morgan fingerprint density at radius 2 is 2.05 bits per heavy atom. The number of para-hydroxylation sites is 1. The summed E-state index contributed by atoms with van der Waals surface area (Å²) in [5.41, 5.74) is 1.32. The fraction of sp³-hybridized carbons (Fsp3) is 0.286. The zero-order chi connectivity index (χ0) is 13.7. The molecule has 5 heteroatoms. The van der Waals surface area contributed by atoms with Gasteiger partial charge in [-0.1, -0.05) is 12.1 Å². The average molecular weight is 261 g/mol. The Morgan fingerprint density at radius 1 is 1.26 bits per heavy atom. The first kappa shape index (κ1) is 13.1. The average Bonchev–Trinajstić information content (AvgIpc) is 2.83. The number of oxazole rings is 1. The molecule has 100 valence electrons. The Hall–Kier alpha value is -2.30. The summed E-state index contributed by atoms with van der Waals surface area (Å²) in [6.45, 7) is 0. The molecule has 0 atom stereocenters. The minimum absolute atomic E-state index is 0.127. The summed E-state index contributed by atoms with van der Waals surface area (Å²) in [6.07, 6.45) is 3.75. The number of carbonyl (C=O) groups is 1. The second-order valence-electron chi connectivity index (χ2n) is 4.26. The number of aromatic hydroxyl groups is 1. The molecule has 0 bridgehead atoms. The smallest absolute Gasteiger partial charge is 0.303 e. The van der Waals surface area contributed by atoms with Gasteiger partial charge in [0.15, 0.2) is 0 Å². The van der Waals surface area contributed by atoms with Gasteiger partial charge < -0.3 is 14.6 Å². The number of phenolic OH excluding ortho intramolecular Hbond substituents is 1. The van der Waals surface area contributed by atoms with Gasteiger partial charge in [0, 0.05) is 6.42 Å². The number of rotatable bonds is 6. The molecule has 1 aromatic heterocycles. The maximum atomic E-state index is 10.4. The SMILES string of the molecule is O=C(O)CCCCc1coc(-c2ccccc2O)n1. The third kappa shape index (κ3) is 3.58. The predicted molar refractivity (Wildman–Crippen MR) is 68.8 cm³/mol. The quantitative estimate of drug-likeness (QED) is 0.781. The number of unbranched alkanes of at least 4 members (excludes halogenated alkanes) is 1. The molecule has 0 saturated carbocycles. The van der Waals surface area contributed by atoms with Gasteiger partial charge in [-0.15, -0.1) is 0 Å².